The molecule has 0 amide bonds. The molecule has 1 aromatic rings. The van der Waals surface area contributed by atoms with Crippen molar-refractivity contribution in [3.8, 4) is 0 Å². The zero-order valence-electron chi connectivity index (χ0n) is 8.82. The number of hydrogen-bond donors (Lipinski definition) is 1. The lowest BCUT2D eigenvalue weighted by atomic mass is 10.1. The van der Waals surface area contributed by atoms with E-state index in [1.54, 1.807) is 24.3 Å². The average molecular weight is 192 g/mol. The molecule has 0 saturated heterocycles. The first kappa shape index (κ1) is 12.4. The molecule has 0 aromatic heterocycles. The second kappa shape index (κ2) is 6.89. The van der Waals surface area contributed by atoms with E-state index >= 15 is 0 Å². The number of aliphatic hydroxyl groups excluding tert-OH is 1. The largest absolute Gasteiger partial charge is 0.507 e. The number of carbonyl (C=O) groups is 1. The van der Waals surface area contributed by atoms with Gasteiger partial charge in [-0.1, -0.05) is 44.2 Å². The van der Waals surface area contributed by atoms with E-state index < -0.39 is 0 Å². The molecular formula is C12H16O2. The van der Waals surface area contributed by atoms with Gasteiger partial charge in [-0.05, 0) is 6.92 Å². The first-order valence-corrected chi connectivity index (χ1v) is 4.67. The van der Waals surface area contributed by atoms with Crippen LogP contribution in [0.1, 0.15) is 26.3 Å². The quantitative estimate of drug-likeness (QED) is 0.577. The van der Waals surface area contributed by atoms with Gasteiger partial charge in [0.25, 0.3) is 0 Å². The Morgan fingerprint density at radius 2 is 1.71 bits per heavy atom. The van der Waals surface area contributed by atoms with Crippen LogP contribution in [0.2, 0.25) is 0 Å². The number of carbonyl (C=O) groups excluding carboxylic acids is 1. The fourth-order valence-electron chi connectivity index (χ4n) is 0.885. The summed E-state index contributed by atoms with van der Waals surface area (Å²) in [6, 6.07) is 8.95. The summed E-state index contributed by atoms with van der Waals surface area (Å²) >= 11 is 0. The highest BCUT2D eigenvalue weighted by atomic mass is 16.3. The number of rotatable bonds is 2. The average Bonchev–Trinajstić information content (AvgIpc) is 2.21. The van der Waals surface area contributed by atoms with Gasteiger partial charge >= 0.3 is 0 Å². The van der Waals surface area contributed by atoms with Crippen molar-refractivity contribution < 1.29 is 9.90 Å². The summed E-state index contributed by atoms with van der Waals surface area (Å²) in [4.78, 5) is 10.6. The molecule has 0 heterocycles. The van der Waals surface area contributed by atoms with Gasteiger partial charge in [-0.2, -0.15) is 0 Å². The molecule has 0 atom stereocenters. The molecular weight excluding hydrogens is 176 g/mol. The van der Waals surface area contributed by atoms with Crippen LogP contribution in [0.4, 0.5) is 0 Å². The van der Waals surface area contributed by atoms with Crippen molar-refractivity contribution in [2.45, 2.75) is 20.8 Å². The topological polar surface area (TPSA) is 37.3 Å². The van der Waals surface area contributed by atoms with Crippen molar-refractivity contribution in [1.29, 1.82) is 0 Å². The highest BCUT2D eigenvalue weighted by Gasteiger charge is 1.97. The van der Waals surface area contributed by atoms with Gasteiger partial charge in [-0.3, -0.25) is 4.79 Å². The third kappa shape index (κ3) is 4.45. The van der Waals surface area contributed by atoms with Crippen LogP contribution in [0.15, 0.2) is 36.4 Å². The lowest BCUT2D eigenvalue weighted by Crippen LogP contribution is -1.87. The minimum absolute atomic E-state index is 0.0168. The maximum absolute atomic E-state index is 10.6. The normalized spacial score (nSPS) is 10.1. The van der Waals surface area contributed by atoms with E-state index in [-0.39, 0.29) is 11.5 Å². The van der Waals surface area contributed by atoms with Gasteiger partial charge in [-0.25, -0.2) is 0 Å². The predicted octanol–water partition coefficient (Wildman–Crippen LogP) is 3.20. The Labute approximate surface area is 84.9 Å². The predicted molar refractivity (Wildman–Crippen MR) is 59.1 cm³/mol. The van der Waals surface area contributed by atoms with E-state index in [0.717, 1.165) is 0 Å². The first-order chi connectivity index (χ1) is 6.70. The van der Waals surface area contributed by atoms with Crippen molar-refractivity contribution in [2.75, 3.05) is 0 Å². The van der Waals surface area contributed by atoms with Gasteiger partial charge in [0, 0.05) is 11.6 Å². The van der Waals surface area contributed by atoms with Crippen molar-refractivity contribution in [3.05, 3.63) is 42.0 Å². The fraction of sp³-hybridized carbons (Fsp3) is 0.250. The molecule has 14 heavy (non-hydrogen) atoms. The van der Waals surface area contributed by atoms with E-state index in [0.29, 0.717) is 5.56 Å². The molecule has 2 nitrogen and oxygen atoms in total. The Bertz CT molecular complexity index is 299. The Morgan fingerprint density at radius 3 is 2.14 bits per heavy atom. The second-order valence-corrected chi connectivity index (χ2v) is 2.51. The van der Waals surface area contributed by atoms with Crippen LogP contribution < -0.4 is 0 Å². The lowest BCUT2D eigenvalue weighted by Gasteiger charge is -1.96. The summed E-state index contributed by atoms with van der Waals surface area (Å²) in [5, 5.41) is 9.33. The maximum Gasteiger partial charge on any atom is 0.156 e. The van der Waals surface area contributed by atoms with Crippen LogP contribution in [0, 0.1) is 0 Å². The molecule has 0 aliphatic carbocycles. The molecule has 0 fully saturated rings. The van der Waals surface area contributed by atoms with E-state index in [9.17, 15) is 9.90 Å². The minimum Gasteiger partial charge on any atom is -0.507 e. The Morgan fingerprint density at radius 1 is 1.21 bits per heavy atom. The van der Waals surface area contributed by atoms with Gasteiger partial charge in [0.05, 0.1) is 0 Å². The van der Waals surface area contributed by atoms with Crippen molar-refractivity contribution in [2.24, 2.45) is 0 Å². The summed E-state index contributed by atoms with van der Waals surface area (Å²) in [6.07, 6.45) is 1.20. The minimum atomic E-state index is -0.156. The van der Waals surface area contributed by atoms with E-state index in [1.807, 2.05) is 19.9 Å². The molecule has 0 saturated carbocycles. The smallest absolute Gasteiger partial charge is 0.156 e. The van der Waals surface area contributed by atoms with Gasteiger partial charge in [0.1, 0.15) is 5.76 Å². The van der Waals surface area contributed by atoms with Gasteiger partial charge in [0.2, 0.25) is 0 Å². The van der Waals surface area contributed by atoms with E-state index in [4.69, 9.17) is 0 Å². The number of hydrogen-bond acceptors (Lipinski definition) is 2. The molecule has 0 aliphatic heterocycles. The second-order valence-electron chi connectivity index (χ2n) is 2.51. The van der Waals surface area contributed by atoms with Crippen LogP contribution in [-0.2, 0) is 4.79 Å². The molecule has 1 rings (SSSR count). The highest BCUT2D eigenvalue weighted by molar-refractivity contribution is 5.93. The van der Waals surface area contributed by atoms with Gasteiger partial charge in [0.15, 0.2) is 5.78 Å². The summed E-state index contributed by atoms with van der Waals surface area (Å²) in [7, 11) is 0. The Hall–Kier alpha value is -1.57. The summed E-state index contributed by atoms with van der Waals surface area (Å²) in [5.74, 6) is -0.139. The number of ketones is 1. The molecule has 1 aromatic carbocycles. The van der Waals surface area contributed by atoms with E-state index in [1.165, 1.54) is 13.0 Å². The summed E-state index contributed by atoms with van der Waals surface area (Å²) in [6.45, 7) is 5.40. The van der Waals surface area contributed by atoms with Crippen LogP contribution in [0.5, 0.6) is 0 Å². The Kier molecular flexibility index (Phi) is 6.12. The molecule has 0 aliphatic rings. The SMILES string of the molecule is CC.CC(=O)/C=C(\O)c1ccccc1. The summed E-state index contributed by atoms with van der Waals surface area (Å²) < 4.78 is 0. The number of benzene rings is 1. The zero-order chi connectivity index (χ0) is 11.0. The third-order valence-electron chi connectivity index (χ3n) is 1.41. The standard InChI is InChI=1S/C10H10O2.C2H6/c1-8(11)7-10(12)9-5-3-2-4-6-9;1-2/h2-7,12H,1H3;1-2H3/b10-7-;. The molecule has 0 unspecified atom stereocenters. The molecule has 0 bridgehead atoms. The molecule has 0 radical (unpaired) electrons. The molecule has 2 heteroatoms. The first-order valence-electron chi connectivity index (χ1n) is 4.67. The van der Waals surface area contributed by atoms with Crippen molar-refractivity contribution in [1.82, 2.24) is 0 Å². The number of aliphatic hydroxyl groups is 1. The van der Waals surface area contributed by atoms with E-state index in [2.05, 4.69) is 0 Å². The third-order valence-corrected chi connectivity index (χ3v) is 1.41. The van der Waals surface area contributed by atoms with Crippen molar-refractivity contribution in [3.63, 3.8) is 0 Å². The summed E-state index contributed by atoms with van der Waals surface area (Å²) in [5.41, 5.74) is 0.660. The molecule has 76 valence electrons. The van der Waals surface area contributed by atoms with Crippen LogP contribution >= 0.6 is 0 Å². The molecule has 1 N–H and O–H groups in total. The van der Waals surface area contributed by atoms with Crippen molar-refractivity contribution >= 4 is 11.5 Å². The van der Waals surface area contributed by atoms with Crippen LogP contribution in [-0.4, -0.2) is 10.9 Å². The molecule has 0 spiro atoms. The zero-order valence-corrected chi connectivity index (χ0v) is 8.82. The van der Waals surface area contributed by atoms with Gasteiger partial charge in [-0.15, -0.1) is 0 Å². The Balaban J connectivity index is 0.000000791. The monoisotopic (exact) mass is 192 g/mol. The fourth-order valence-corrected chi connectivity index (χ4v) is 0.885. The highest BCUT2D eigenvalue weighted by Crippen LogP contribution is 2.09. The van der Waals surface area contributed by atoms with Crippen LogP contribution in [0.25, 0.3) is 5.76 Å². The van der Waals surface area contributed by atoms with Crippen LogP contribution in [0.3, 0.4) is 0 Å². The van der Waals surface area contributed by atoms with Gasteiger partial charge < -0.3 is 5.11 Å². The lowest BCUT2D eigenvalue weighted by molar-refractivity contribution is -0.112. The number of allylic oxidation sites excluding steroid dienone is 1. The maximum atomic E-state index is 10.6.